The number of hydrogen-bond donors (Lipinski definition) is 0. The van der Waals surface area contributed by atoms with Crippen LogP contribution in [0, 0.1) is 6.08 Å². The quantitative estimate of drug-likeness (QED) is 0.733. The van der Waals surface area contributed by atoms with Crippen molar-refractivity contribution in [3.8, 4) is 5.69 Å². The molecule has 90 valence electrons. The monoisotopic (exact) mass is 308 g/mol. The van der Waals surface area contributed by atoms with Crippen LogP contribution in [0.25, 0.3) is 5.69 Å². The third-order valence-corrected chi connectivity index (χ3v) is 2.48. The molecule has 7 heteroatoms. The molecule has 1 aromatic heterocycles. The molecule has 0 spiro atoms. The van der Waals surface area contributed by atoms with Gasteiger partial charge in [0.25, 0.3) is 6.08 Å². The first-order chi connectivity index (χ1) is 7.89. The van der Waals surface area contributed by atoms with E-state index in [1.54, 1.807) is 0 Å². The summed E-state index contributed by atoms with van der Waals surface area (Å²) in [5, 5.41) is 0. The minimum Gasteiger partial charge on any atom is -0.274 e. The largest absolute Gasteiger partial charge is 0.418 e. The summed E-state index contributed by atoms with van der Waals surface area (Å²) in [6, 6.07) is 4.72. The first kappa shape index (κ1) is 12.1. The highest BCUT2D eigenvalue weighted by Crippen LogP contribution is 2.34. The number of nitrogens with zero attached hydrogens (tertiary/aromatic N) is 2. The van der Waals surface area contributed by atoms with Gasteiger partial charge in [0.1, 0.15) is 4.60 Å². The zero-order valence-corrected chi connectivity index (χ0v) is 9.76. The topological polar surface area (TPSA) is 17.8 Å². The maximum atomic E-state index is 13.3. The molecule has 0 bridgehead atoms. The second-order valence-corrected chi connectivity index (χ2v) is 4.03. The summed E-state index contributed by atoms with van der Waals surface area (Å²) in [7, 11) is 0. The van der Waals surface area contributed by atoms with E-state index in [4.69, 9.17) is 0 Å². The molecule has 0 atom stereocenters. The Bertz CT molecular complexity index is 547. The van der Waals surface area contributed by atoms with Crippen molar-refractivity contribution in [1.29, 1.82) is 0 Å². The van der Waals surface area contributed by atoms with Crippen LogP contribution in [0.15, 0.2) is 35.1 Å². The molecular weight excluding hydrogens is 304 g/mol. The van der Waals surface area contributed by atoms with E-state index in [9.17, 15) is 17.6 Å². The molecule has 0 fully saturated rings. The Hall–Kier alpha value is -1.37. The number of imidazole rings is 1. The average Bonchev–Trinajstić information content (AvgIpc) is 2.56. The second-order valence-electron chi connectivity index (χ2n) is 3.22. The van der Waals surface area contributed by atoms with Crippen molar-refractivity contribution >= 4 is 15.9 Å². The molecule has 0 N–H and O–H groups in total. The van der Waals surface area contributed by atoms with Gasteiger partial charge in [0.15, 0.2) is 0 Å². The predicted octanol–water partition coefficient (Wildman–Crippen LogP) is 3.79. The van der Waals surface area contributed by atoms with E-state index >= 15 is 0 Å². The van der Waals surface area contributed by atoms with E-state index in [0.717, 1.165) is 16.8 Å². The molecule has 0 saturated heterocycles. The number of aromatic nitrogens is 2. The highest BCUT2D eigenvalue weighted by atomic mass is 79.9. The van der Waals surface area contributed by atoms with Crippen molar-refractivity contribution in [1.82, 2.24) is 9.55 Å². The highest BCUT2D eigenvalue weighted by molar-refractivity contribution is 9.10. The normalized spacial score (nSPS) is 11.8. The van der Waals surface area contributed by atoms with Crippen LogP contribution in [-0.4, -0.2) is 9.55 Å². The van der Waals surface area contributed by atoms with Gasteiger partial charge in [0, 0.05) is 6.20 Å². The summed E-state index contributed by atoms with van der Waals surface area (Å²) in [6.07, 6.45) is -4.41. The zero-order chi connectivity index (χ0) is 12.6. The summed E-state index contributed by atoms with van der Waals surface area (Å²) in [5.74, 6) is 0. The molecule has 0 aliphatic carbocycles. The molecule has 1 heterocycles. The molecule has 0 radical (unpaired) electrons. The molecule has 0 aliphatic rings. The van der Waals surface area contributed by atoms with Gasteiger partial charge < -0.3 is 0 Å². The van der Waals surface area contributed by atoms with Crippen LogP contribution in [-0.2, 0) is 6.18 Å². The van der Waals surface area contributed by atoms with E-state index in [-0.39, 0.29) is 10.3 Å². The Labute approximate surface area is 102 Å². The Balaban J connectivity index is 2.64. The first-order valence-corrected chi connectivity index (χ1v) is 5.26. The standard InChI is InChI=1S/C10H5BrF4N2/c11-8-5-17(9(12)16-8)7-4-2-1-3-6(7)10(13,14)15/h1-5H. The van der Waals surface area contributed by atoms with Crippen LogP contribution in [0.1, 0.15) is 5.56 Å². The number of hydrogen-bond acceptors (Lipinski definition) is 1. The number of rotatable bonds is 1. The SMILES string of the molecule is Fc1nc(Br)cn1-c1ccccc1C(F)(F)F. The number of halogens is 5. The molecule has 2 rings (SSSR count). The molecule has 2 aromatic rings. The van der Waals surface area contributed by atoms with Crippen molar-refractivity contribution in [2.75, 3.05) is 0 Å². The van der Waals surface area contributed by atoms with Crippen molar-refractivity contribution in [3.63, 3.8) is 0 Å². The third-order valence-electron chi connectivity index (χ3n) is 2.10. The predicted molar refractivity (Wildman–Crippen MR) is 56.2 cm³/mol. The van der Waals surface area contributed by atoms with E-state index in [0.29, 0.717) is 0 Å². The summed E-state index contributed by atoms with van der Waals surface area (Å²) in [4.78, 5) is 3.36. The van der Waals surface area contributed by atoms with E-state index in [2.05, 4.69) is 20.9 Å². The molecule has 0 unspecified atom stereocenters. The fourth-order valence-electron chi connectivity index (χ4n) is 1.42. The van der Waals surface area contributed by atoms with Crippen LogP contribution >= 0.6 is 15.9 Å². The van der Waals surface area contributed by atoms with Gasteiger partial charge in [-0.15, -0.1) is 0 Å². The average molecular weight is 309 g/mol. The summed E-state index contributed by atoms with van der Waals surface area (Å²) in [6.45, 7) is 0. The van der Waals surface area contributed by atoms with Crippen LogP contribution in [0.3, 0.4) is 0 Å². The molecule has 17 heavy (non-hydrogen) atoms. The van der Waals surface area contributed by atoms with Gasteiger partial charge >= 0.3 is 6.18 Å². The Morgan fingerprint density at radius 1 is 1.18 bits per heavy atom. The van der Waals surface area contributed by atoms with Crippen LogP contribution < -0.4 is 0 Å². The third kappa shape index (κ3) is 2.33. The highest BCUT2D eigenvalue weighted by Gasteiger charge is 2.34. The van der Waals surface area contributed by atoms with Crippen LogP contribution in [0.4, 0.5) is 17.6 Å². The smallest absolute Gasteiger partial charge is 0.274 e. The van der Waals surface area contributed by atoms with Gasteiger partial charge in [-0.25, -0.2) is 0 Å². The number of benzene rings is 1. The van der Waals surface area contributed by atoms with Crippen LogP contribution in [0.5, 0.6) is 0 Å². The van der Waals surface area contributed by atoms with Crippen molar-refractivity contribution in [2.24, 2.45) is 0 Å². The minimum absolute atomic E-state index is 0.131. The number of alkyl halides is 3. The second kappa shape index (κ2) is 4.14. The van der Waals surface area contributed by atoms with Crippen molar-refractivity contribution in [3.05, 3.63) is 46.7 Å². The van der Waals surface area contributed by atoms with E-state index < -0.39 is 17.8 Å². The lowest BCUT2D eigenvalue weighted by Gasteiger charge is -2.12. The molecule has 1 aromatic carbocycles. The summed E-state index contributed by atoms with van der Waals surface area (Å²) < 4.78 is 52.3. The first-order valence-electron chi connectivity index (χ1n) is 4.46. The Morgan fingerprint density at radius 3 is 2.35 bits per heavy atom. The lowest BCUT2D eigenvalue weighted by atomic mass is 10.1. The van der Waals surface area contributed by atoms with E-state index in [1.165, 1.54) is 18.2 Å². The lowest BCUT2D eigenvalue weighted by molar-refractivity contribution is -0.137. The fraction of sp³-hybridized carbons (Fsp3) is 0.100. The molecule has 0 aliphatic heterocycles. The molecular formula is C10H5BrF4N2. The fourth-order valence-corrected chi connectivity index (χ4v) is 1.77. The molecule has 0 saturated carbocycles. The zero-order valence-electron chi connectivity index (χ0n) is 8.17. The van der Waals surface area contributed by atoms with Gasteiger partial charge in [0.2, 0.25) is 0 Å². The Morgan fingerprint density at radius 2 is 1.82 bits per heavy atom. The van der Waals surface area contributed by atoms with Crippen molar-refractivity contribution in [2.45, 2.75) is 6.18 Å². The van der Waals surface area contributed by atoms with E-state index in [1.807, 2.05) is 0 Å². The van der Waals surface area contributed by atoms with Gasteiger partial charge in [-0.3, -0.25) is 4.57 Å². The van der Waals surface area contributed by atoms with Gasteiger partial charge in [-0.05, 0) is 28.1 Å². The maximum absolute atomic E-state index is 13.3. The van der Waals surface area contributed by atoms with Gasteiger partial charge in [-0.1, -0.05) is 12.1 Å². The lowest BCUT2D eigenvalue weighted by Crippen LogP contribution is -2.11. The molecule has 2 nitrogen and oxygen atoms in total. The minimum atomic E-state index is -4.54. The van der Waals surface area contributed by atoms with Crippen molar-refractivity contribution < 1.29 is 17.6 Å². The summed E-state index contributed by atoms with van der Waals surface area (Å²) in [5.41, 5.74) is -1.21. The maximum Gasteiger partial charge on any atom is 0.418 e. The van der Waals surface area contributed by atoms with Gasteiger partial charge in [0.05, 0.1) is 11.3 Å². The molecule has 0 amide bonds. The number of para-hydroxylation sites is 1. The van der Waals surface area contributed by atoms with Gasteiger partial charge in [-0.2, -0.15) is 22.5 Å². The summed E-state index contributed by atoms with van der Waals surface area (Å²) >= 11 is 2.90. The Kier molecular flexibility index (Phi) is 2.94. The van der Waals surface area contributed by atoms with Crippen LogP contribution in [0.2, 0.25) is 0 Å².